The van der Waals surface area contributed by atoms with Crippen LogP contribution in [-0.2, 0) is 4.74 Å². The molecule has 0 aliphatic carbocycles. The van der Waals surface area contributed by atoms with Crippen LogP contribution < -0.4 is 4.74 Å². The van der Waals surface area contributed by atoms with Gasteiger partial charge in [-0.1, -0.05) is 46.2 Å². The zero-order valence-electron chi connectivity index (χ0n) is 14.8. The van der Waals surface area contributed by atoms with E-state index in [-0.39, 0.29) is 6.29 Å². The first-order chi connectivity index (χ1) is 9.88. The van der Waals surface area contributed by atoms with E-state index >= 15 is 0 Å². The molecule has 1 rings (SSSR count). The summed E-state index contributed by atoms with van der Waals surface area (Å²) in [4.78, 5) is 0. The second-order valence-electron chi connectivity index (χ2n) is 6.55. The van der Waals surface area contributed by atoms with Crippen LogP contribution in [0.1, 0.15) is 64.5 Å². The third kappa shape index (κ3) is 5.35. The van der Waals surface area contributed by atoms with Crippen molar-refractivity contribution in [1.82, 2.24) is 0 Å². The summed E-state index contributed by atoms with van der Waals surface area (Å²) in [5.41, 5.74) is 2.62. The van der Waals surface area contributed by atoms with Crippen LogP contribution >= 0.6 is 0 Å². The van der Waals surface area contributed by atoms with E-state index in [1.807, 2.05) is 6.92 Å². The Kier molecular flexibility index (Phi) is 7.24. The SMILES string of the molecule is CCC(C)CC(c1ccc(OC(C)OC)c(C)c1)C(C)C. The van der Waals surface area contributed by atoms with E-state index in [1.54, 1.807) is 7.11 Å². The highest BCUT2D eigenvalue weighted by molar-refractivity contribution is 5.38. The molecule has 0 bridgehead atoms. The van der Waals surface area contributed by atoms with Gasteiger partial charge in [0.2, 0.25) is 0 Å². The molecular weight excluding hydrogens is 260 g/mol. The lowest BCUT2D eigenvalue weighted by Crippen LogP contribution is -2.15. The van der Waals surface area contributed by atoms with Gasteiger partial charge in [0.05, 0.1) is 0 Å². The van der Waals surface area contributed by atoms with E-state index in [9.17, 15) is 0 Å². The molecule has 0 aliphatic rings. The van der Waals surface area contributed by atoms with E-state index in [1.165, 1.54) is 24.0 Å². The van der Waals surface area contributed by atoms with Crippen LogP contribution in [0.5, 0.6) is 5.75 Å². The molecule has 21 heavy (non-hydrogen) atoms. The molecule has 3 atom stereocenters. The van der Waals surface area contributed by atoms with Gasteiger partial charge in [-0.3, -0.25) is 0 Å². The highest BCUT2D eigenvalue weighted by atomic mass is 16.7. The maximum absolute atomic E-state index is 5.77. The number of hydrogen-bond donors (Lipinski definition) is 0. The van der Waals surface area contributed by atoms with Crippen molar-refractivity contribution >= 4 is 0 Å². The third-order valence-electron chi connectivity index (χ3n) is 4.41. The Morgan fingerprint density at radius 3 is 2.24 bits per heavy atom. The van der Waals surface area contributed by atoms with Crippen LogP contribution in [0.4, 0.5) is 0 Å². The topological polar surface area (TPSA) is 18.5 Å². The van der Waals surface area contributed by atoms with Crippen molar-refractivity contribution in [1.29, 1.82) is 0 Å². The molecule has 2 heteroatoms. The Hall–Kier alpha value is -1.02. The first kappa shape index (κ1) is 18.0. The van der Waals surface area contributed by atoms with Crippen molar-refractivity contribution in [3.63, 3.8) is 0 Å². The smallest absolute Gasteiger partial charge is 0.196 e. The Balaban J connectivity index is 2.93. The first-order valence-electron chi connectivity index (χ1n) is 8.19. The van der Waals surface area contributed by atoms with Gasteiger partial charge >= 0.3 is 0 Å². The fourth-order valence-corrected chi connectivity index (χ4v) is 2.66. The van der Waals surface area contributed by atoms with E-state index in [2.05, 4.69) is 52.8 Å². The van der Waals surface area contributed by atoms with Crippen LogP contribution in [0.15, 0.2) is 18.2 Å². The van der Waals surface area contributed by atoms with Crippen LogP contribution in [0, 0.1) is 18.8 Å². The molecular formula is C19H32O2. The standard InChI is InChI=1S/C19H32O2/c1-8-14(4)11-18(13(2)3)17-9-10-19(15(5)12-17)21-16(6)20-7/h9-10,12-14,16,18H,8,11H2,1-7H3. The van der Waals surface area contributed by atoms with Crippen molar-refractivity contribution in [2.45, 2.75) is 66.6 Å². The summed E-state index contributed by atoms with van der Waals surface area (Å²) in [6, 6.07) is 6.59. The van der Waals surface area contributed by atoms with Crippen LogP contribution in [0.2, 0.25) is 0 Å². The number of ether oxygens (including phenoxy) is 2. The molecule has 0 heterocycles. The molecule has 0 amide bonds. The molecule has 0 aromatic heterocycles. The summed E-state index contributed by atoms with van der Waals surface area (Å²) >= 11 is 0. The monoisotopic (exact) mass is 292 g/mol. The predicted octanol–water partition coefficient (Wildman–Crippen LogP) is 5.54. The van der Waals surface area contributed by atoms with E-state index in [0.29, 0.717) is 11.8 Å². The van der Waals surface area contributed by atoms with Gasteiger partial charge in [-0.2, -0.15) is 0 Å². The Labute approximate surface area is 130 Å². The third-order valence-corrected chi connectivity index (χ3v) is 4.41. The summed E-state index contributed by atoms with van der Waals surface area (Å²) in [5, 5.41) is 0. The zero-order valence-corrected chi connectivity index (χ0v) is 14.8. The summed E-state index contributed by atoms with van der Waals surface area (Å²) in [6.45, 7) is 13.3. The molecule has 0 spiro atoms. The largest absolute Gasteiger partial charge is 0.465 e. The lowest BCUT2D eigenvalue weighted by Gasteiger charge is -2.25. The minimum absolute atomic E-state index is 0.212. The molecule has 0 saturated heterocycles. The van der Waals surface area contributed by atoms with Gasteiger partial charge in [-0.15, -0.1) is 0 Å². The van der Waals surface area contributed by atoms with E-state index < -0.39 is 0 Å². The summed E-state index contributed by atoms with van der Waals surface area (Å²) in [6.07, 6.45) is 2.28. The van der Waals surface area contributed by atoms with Crippen molar-refractivity contribution in [2.24, 2.45) is 11.8 Å². The predicted molar refractivity (Wildman–Crippen MR) is 89.9 cm³/mol. The lowest BCUT2D eigenvalue weighted by molar-refractivity contribution is -0.0386. The second kappa shape index (κ2) is 8.43. The van der Waals surface area contributed by atoms with Gasteiger partial charge in [0, 0.05) is 7.11 Å². The maximum Gasteiger partial charge on any atom is 0.196 e. The van der Waals surface area contributed by atoms with Crippen LogP contribution in [0.25, 0.3) is 0 Å². The average molecular weight is 292 g/mol. The quantitative estimate of drug-likeness (QED) is 0.585. The number of hydrogen-bond acceptors (Lipinski definition) is 2. The van der Waals surface area contributed by atoms with Gasteiger partial charge in [0.1, 0.15) is 5.75 Å². The van der Waals surface area contributed by atoms with Crippen molar-refractivity contribution < 1.29 is 9.47 Å². The first-order valence-corrected chi connectivity index (χ1v) is 8.19. The molecule has 2 nitrogen and oxygen atoms in total. The number of methoxy groups -OCH3 is 1. The Morgan fingerprint density at radius 1 is 1.10 bits per heavy atom. The summed E-state index contributed by atoms with van der Waals surface area (Å²) in [7, 11) is 1.66. The summed E-state index contributed by atoms with van der Waals surface area (Å²) in [5.74, 6) is 2.96. The number of benzene rings is 1. The minimum atomic E-state index is -0.212. The lowest BCUT2D eigenvalue weighted by atomic mass is 9.81. The van der Waals surface area contributed by atoms with Crippen LogP contribution in [-0.4, -0.2) is 13.4 Å². The van der Waals surface area contributed by atoms with E-state index in [0.717, 1.165) is 11.7 Å². The van der Waals surface area contributed by atoms with Gasteiger partial charge in [0.15, 0.2) is 6.29 Å². The fourth-order valence-electron chi connectivity index (χ4n) is 2.66. The molecule has 0 saturated carbocycles. The molecule has 3 unspecified atom stereocenters. The molecule has 1 aromatic carbocycles. The van der Waals surface area contributed by atoms with Crippen molar-refractivity contribution in [3.8, 4) is 5.75 Å². The van der Waals surface area contributed by atoms with Gasteiger partial charge in [0.25, 0.3) is 0 Å². The summed E-state index contributed by atoms with van der Waals surface area (Å²) < 4.78 is 10.9. The Bertz CT molecular complexity index is 426. The molecule has 0 aliphatic heterocycles. The second-order valence-corrected chi connectivity index (χ2v) is 6.55. The number of rotatable bonds is 8. The molecule has 0 radical (unpaired) electrons. The van der Waals surface area contributed by atoms with Gasteiger partial charge in [-0.05, 0) is 55.2 Å². The molecule has 0 fully saturated rings. The Morgan fingerprint density at radius 2 is 1.76 bits per heavy atom. The number of aryl methyl sites for hydroxylation is 1. The molecule has 120 valence electrons. The van der Waals surface area contributed by atoms with Crippen molar-refractivity contribution in [2.75, 3.05) is 7.11 Å². The highest BCUT2D eigenvalue weighted by Gasteiger charge is 2.19. The highest BCUT2D eigenvalue weighted by Crippen LogP contribution is 2.34. The maximum atomic E-state index is 5.77. The normalized spacial score (nSPS) is 15.8. The van der Waals surface area contributed by atoms with Gasteiger partial charge < -0.3 is 9.47 Å². The fraction of sp³-hybridized carbons (Fsp3) is 0.684. The molecule has 1 aromatic rings. The zero-order chi connectivity index (χ0) is 16.0. The molecule has 0 N–H and O–H groups in total. The average Bonchev–Trinajstić information content (AvgIpc) is 2.46. The van der Waals surface area contributed by atoms with E-state index in [4.69, 9.17) is 9.47 Å². The van der Waals surface area contributed by atoms with Gasteiger partial charge in [-0.25, -0.2) is 0 Å². The van der Waals surface area contributed by atoms with Crippen molar-refractivity contribution in [3.05, 3.63) is 29.3 Å². The van der Waals surface area contributed by atoms with Crippen LogP contribution in [0.3, 0.4) is 0 Å². The minimum Gasteiger partial charge on any atom is -0.465 e.